The normalized spacial score (nSPS) is 15.9. The molecule has 2 amide bonds. The third-order valence-corrected chi connectivity index (χ3v) is 8.57. The van der Waals surface area contributed by atoms with Gasteiger partial charge in [-0.15, -0.1) is 0 Å². The monoisotopic (exact) mass is 581 g/mol. The fourth-order valence-corrected chi connectivity index (χ4v) is 5.89. The van der Waals surface area contributed by atoms with Gasteiger partial charge in [-0.25, -0.2) is 4.98 Å². The first-order chi connectivity index (χ1) is 20.8. The van der Waals surface area contributed by atoms with Gasteiger partial charge in [-0.2, -0.15) is 0 Å². The lowest BCUT2D eigenvalue weighted by molar-refractivity contribution is -0.119. The number of rotatable bonds is 10. The summed E-state index contributed by atoms with van der Waals surface area (Å²) in [6.45, 7) is 13.9. The van der Waals surface area contributed by atoms with Crippen molar-refractivity contribution in [3.63, 3.8) is 0 Å². The van der Waals surface area contributed by atoms with E-state index in [1.807, 2.05) is 50.7 Å². The Labute approximate surface area is 257 Å². The summed E-state index contributed by atoms with van der Waals surface area (Å²) >= 11 is 0. The molecule has 7 heteroatoms. The minimum absolute atomic E-state index is 0.0556. The van der Waals surface area contributed by atoms with Crippen molar-refractivity contribution in [3.05, 3.63) is 53.9 Å². The Kier molecular flexibility index (Phi) is 10.2. The van der Waals surface area contributed by atoms with Gasteiger partial charge in [0.15, 0.2) is 0 Å². The van der Waals surface area contributed by atoms with Crippen LogP contribution in [-0.2, 0) is 4.79 Å². The third kappa shape index (κ3) is 7.67. The number of hydrogen-bond acceptors (Lipinski definition) is 4. The molecule has 0 N–H and O–H groups in total. The van der Waals surface area contributed by atoms with Gasteiger partial charge < -0.3 is 9.80 Å². The molecular weight excluding hydrogens is 534 g/mol. The average Bonchev–Trinajstić information content (AvgIpc) is 3.65. The number of imidazole rings is 1. The highest BCUT2D eigenvalue weighted by Crippen LogP contribution is 2.30. The summed E-state index contributed by atoms with van der Waals surface area (Å²) in [5.74, 6) is 8.14. The van der Waals surface area contributed by atoms with Gasteiger partial charge in [-0.1, -0.05) is 45.7 Å². The SMILES string of the molecule is CC(C)CCN(CCC(C)C)C(=O)c1ccc2nc(-c3cccc(N4CCCCC4=O)c3)c(C#CCN3CCCC3)n2c1. The van der Waals surface area contributed by atoms with Crippen LogP contribution in [0.15, 0.2) is 42.6 Å². The van der Waals surface area contributed by atoms with E-state index in [0.717, 1.165) is 86.7 Å². The van der Waals surface area contributed by atoms with Crippen molar-refractivity contribution in [1.29, 1.82) is 0 Å². The van der Waals surface area contributed by atoms with E-state index in [1.165, 1.54) is 12.8 Å². The zero-order chi connectivity index (χ0) is 30.3. The van der Waals surface area contributed by atoms with Gasteiger partial charge in [-0.05, 0) is 93.6 Å². The number of aromatic nitrogens is 2. The molecule has 0 bridgehead atoms. The van der Waals surface area contributed by atoms with E-state index >= 15 is 0 Å². The van der Waals surface area contributed by atoms with Crippen LogP contribution in [-0.4, -0.2) is 70.3 Å². The highest BCUT2D eigenvalue weighted by molar-refractivity contribution is 5.95. The summed E-state index contributed by atoms with van der Waals surface area (Å²) in [5, 5.41) is 0. The maximum Gasteiger partial charge on any atom is 0.255 e. The van der Waals surface area contributed by atoms with Crippen molar-refractivity contribution in [2.24, 2.45) is 11.8 Å². The fraction of sp³-hybridized carbons (Fsp3) is 0.528. The van der Waals surface area contributed by atoms with E-state index in [0.29, 0.717) is 30.4 Å². The lowest BCUT2D eigenvalue weighted by atomic mass is 10.1. The Bertz CT molecular complexity index is 1480. The van der Waals surface area contributed by atoms with Gasteiger partial charge in [0, 0.05) is 43.5 Å². The number of amides is 2. The quantitative estimate of drug-likeness (QED) is 0.257. The second kappa shape index (κ2) is 14.2. The van der Waals surface area contributed by atoms with Crippen LogP contribution in [0.1, 0.15) is 88.7 Å². The average molecular weight is 582 g/mol. The molecule has 2 saturated heterocycles. The number of pyridine rings is 1. The lowest BCUT2D eigenvalue weighted by Gasteiger charge is -2.27. The van der Waals surface area contributed by atoms with Crippen LogP contribution in [0.4, 0.5) is 5.69 Å². The van der Waals surface area contributed by atoms with E-state index in [1.54, 1.807) is 0 Å². The third-order valence-electron chi connectivity index (χ3n) is 8.57. The van der Waals surface area contributed by atoms with Crippen molar-refractivity contribution in [3.8, 4) is 23.1 Å². The molecule has 3 aromatic rings. The Morgan fingerprint density at radius 2 is 1.67 bits per heavy atom. The summed E-state index contributed by atoms with van der Waals surface area (Å²) in [7, 11) is 0. The summed E-state index contributed by atoms with van der Waals surface area (Å²) < 4.78 is 1.99. The van der Waals surface area contributed by atoms with Crippen molar-refractivity contribution in [1.82, 2.24) is 19.2 Å². The van der Waals surface area contributed by atoms with Crippen LogP contribution < -0.4 is 4.90 Å². The van der Waals surface area contributed by atoms with Crippen molar-refractivity contribution in [2.45, 2.75) is 72.6 Å². The number of fused-ring (bicyclic) bond motifs is 1. The molecule has 0 unspecified atom stereocenters. The van der Waals surface area contributed by atoms with Crippen molar-refractivity contribution < 1.29 is 9.59 Å². The number of piperidine rings is 1. The molecule has 5 rings (SSSR count). The van der Waals surface area contributed by atoms with Crippen LogP contribution in [0.3, 0.4) is 0 Å². The lowest BCUT2D eigenvalue weighted by Crippen LogP contribution is -2.35. The molecule has 0 aliphatic carbocycles. The van der Waals surface area contributed by atoms with E-state index in [2.05, 4.69) is 50.5 Å². The molecule has 1 aromatic carbocycles. The summed E-state index contributed by atoms with van der Waals surface area (Å²) in [5.41, 5.74) is 4.79. The first-order valence-electron chi connectivity index (χ1n) is 16.2. The molecule has 2 aromatic heterocycles. The van der Waals surface area contributed by atoms with Gasteiger partial charge in [0.2, 0.25) is 5.91 Å². The van der Waals surface area contributed by atoms with Crippen molar-refractivity contribution in [2.75, 3.05) is 44.2 Å². The largest absolute Gasteiger partial charge is 0.339 e. The maximum atomic E-state index is 13.9. The zero-order valence-corrected chi connectivity index (χ0v) is 26.4. The van der Waals surface area contributed by atoms with Crippen LogP contribution in [0.2, 0.25) is 0 Å². The highest BCUT2D eigenvalue weighted by atomic mass is 16.2. The predicted molar refractivity (Wildman–Crippen MR) is 174 cm³/mol. The molecule has 7 nitrogen and oxygen atoms in total. The van der Waals surface area contributed by atoms with E-state index in [4.69, 9.17) is 4.98 Å². The standard InChI is InChI=1S/C36H47N5O2/c1-27(2)17-23-39(24-18-28(3)4)36(43)30-15-16-33-37-35(32(41(33)26-30)13-10-21-38-19-7-8-20-38)29-11-9-12-31(25-29)40-22-6-5-14-34(40)42/h9,11-12,15-16,25-28H,5-8,14,17-24H2,1-4H3. The molecule has 228 valence electrons. The van der Waals surface area contributed by atoms with Crippen LogP contribution in [0, 0.1) is 23.7 Å². The molecule has 2 aliphatic rings. The fourth-order valence-electron chi connectivity index (χ4n) is 5.89. The Morgan fingerprint density at radius 1 is 0.953 bits per heavy atom. The molecule has 0 atom stereocenters. The van der Waals surface area contributed by atoms with Gasteiger partial charge in [0.1, 0.15) is 17.0 Å². The molecule has 0 spiro atoms. The molecular formula is C36H47N5O2. The number of hydrogen-bond donors (Lipinski definition) is 0. The van der Waals surface area contributed by atoms with Crippen molar-refractivity contribution >= 4 is 23.1 Å². The second-order valence-electron chi connectivity index (χ2n) is 13.0. The van der Waals surface area contributed by atoms with Crippen LogP contribution >= 0.6 is 0 Å². The number of likely N-dealkylation sites (tertiary alicyclic amines) is 1. The summed E-state index contributed by atoms with van der Waals surface area (Å²) in [4.78, 5) is 37.8. The topological polar surface area (TPSA) is 61.2 Å². The minimum Gasteiger partial charge on any atom is -0.339 e. The molecule has 2 fully saturated rings. The molecule has 43 heavy (non-hydrogen) atoms. The number of carbonyl (C=O) groups is 2. The minimum atomic E-state index is 0.0556. The molecule has 2 aliphatic heterocycles. The predicted octanol–water partition coefficient (Wildman–Crippen LogP) is 6.50. The summed E-state index contributed by atoms with van der Waals surface area (Å²) in [6, 6.07) is 11.9. The van der Waals surface area contributed by atoms with Gasteiger partial charge in [0.05, 0.1) is 12.1 Å². The Balaban J connectivity index is 1.53. The van der Waals surface area contributed by atoms with E-state index in [9.17, 15) is 9.59 Å². The van der Waals surface area contributed by atoms with Crippen LogP contribution in [0.5, 0.6) is 0 Å². The highest BCUT2D eigenvalue weighted by Gasteiger charge is 2.22. The van der Waals surface area contributed by atoms with Gasteiger partial charge in [0.25, 0.3) is 5.91 Å². The first-order valence-corrected chi connectivity index (χ1v) is 16.2. The van der Waals surface area contributed by atoms with E-state index < -0.39 is 0 Å². The number of benzene rings is 1. The number of carbonyl (C=O) groups excluding carboxylic acids is 2. The smallest absolute Gasteiger partial charge is 0.255 e. The summed E-state index contributed by atoms with van der Waals surface area (Å²) in [6.07, 6.45) is 8.87. The van der Waals surface area contributed by atoms with Gasteiger partial charge in [-0.3, -0.25) is 18.9 Å². The second-order valence-corrected chi connectivity index (χ2v) is 13.0. The molecule has 4 heterocycles. The molecule has 0 saturated carbocycles. The van der Waals surface area contributed by atoms with E-state index in [-0.39, 0.29) is 11.8 Å². The number of nitrogens with zero attached hydrogens (tertiary/aromatic N) is 5. The maximum absolute atomic E-state index is 13.9. The Hall–Kier alpha value is -3.63. The van der Waals surface area contributed by atoms with Crippen LogP contribution in [0.25, 0.3) is 16.9 Å². The first kappa shape index (κ1) is 30.8. The zero-order valence-electron chi connectivity index (χ0n) is 26.4. The molecule has 0 radical (unpaired) electrons. The van der Waals surface area contributed by atoms with Gasteiger partial charge >= 0.3 is 0 Å². The number of anilines is 1. The Morgan fingerprint density at radius 3 is 2.37 bits per heavy atom.